The SMILES string of the molecule is CN(Cc1nc(-c2ccc(F)cc2)no1)c1cccc2ccccc12. The van der Waals surface area contributed by atoms with E-state index < -0.39 is 0 Å². The van der Waals surface area contributed by atoms with Crippen LogP contribution in [0.4, 0.5) is 10.1 Å². The summed E-state index contributed by atoms with van der Waals surface area (Å²) in [6.45, 7) is 0.488. The molecule has 3 aromatic carbocycles. The van der Waals surface area contributed by atoms with E-state index in [-0.39, 0.29) is 5.82 Å². The van der Waals surface area contributed by atoms with Gasteiger partial charge in [-0.1, -0.05) is 41.6 Å². The topological polar surface area (TPSA) is 42.2 Å². The van der Waals surface area contributed by atoms with Gasteiger partial charge < -0.3 is 9.42 Å². The Hall–Kier alpha value is -3.21. The van der Waals surface area contributed by atoms with Gasteiger partial charge in [-0.2, -0.15) is 4.98 Å². The zero-order chi connectivity index (χ0) is 17.2. The fourth-order valence-corrected chi connectivity index (χ4v) is 2.86. The summed E-state index contributed by atoms with van der Waals surface area (Å²) in [5.74, 6) is 0.680. The first-order valence-corrected chi connectivity index (χ1v) is 7.98. The van der Waals surface area contributed by atoms with E-state index in [0.717, 1.165) is 11.3 Å². The molecule has 4 nitrogen and oxygen atoms in total. The first-order valence-electron chi connectivity index (χ1n) is 7.98. The van der Waals surface area contributed by atoms with Crippen LogP contribution in [0.5, 0.6) is 0 Å². The van der Waals surface area contributed by atoms with Crippen molar-refractivity contribution in [2.45, 2.75) is 6.54 Å². The monoisotopic (exact) mass is 333 g/mol. The predicted molar refractivity (Wildman–Crippen MR) is 95.7 cm³/mol. The number of halogens is 1. The van der Waals surface area contributed by atoms with E-state index in [9.17, 15) is 4.39 Å². The van der Waals surface area contributed by atoms with Gasteiger partial charge >= 0.3 is 0 Å². The van der Waals surface area contributed by atoms with Gasteiger partial charge in [-0.15, -0.1) is 0 Å². The van der Waals surface area contributed by atoms with E-state index in [0.29, 0.717) is 18.3 Å². The minimum Gasteiger partial charge on any atom is -0.365 e. The van der Waals surface area contributed by atoms with Gasteiger partial charge in [0.25, 0.3) is 0 Å². The van der Waals surface area contributed by atoms with Gasteiger partial charge in [0.05, 0.1) is 6.54 Å². The predicted octanol–water partition coefficient (Wildman–Crippen LogP) is 4.67. The molecule has 1 aromatic heterocycles. The number of hydrogen-bond acceptors (Lipinski definition) is 4. The van der Waals surface area contributed by atoms with Crippen molar-refractivity contribution in [1.29, 1.82) is 0 Å². The molecule has 5 heteroatoms. The van der Waals surface area contributed by atoms with Crippen molar-refractivity contribution < 1.29 is 8.91 Å². The zero-order valence-electron chi connectivity index (χ0n) is 13.7. The highest BCUT2D eigenvalue weighted by Crippen LogP contribution is 2.27. The third-order valence-corrected chi connectivity index (χ3v) is 4.12. The van der Waals surface area contributed by atoms with Crippen LogP contribution < -0.4 is 4.90 Å². The van der Waals surface area contributed by atoms with Crippen LogP contribution in [0.2, 0.25) is 0 Å². The average Bonchev–Trinajstić information content (AvgIpc) is 3.10. The molecule has 0 aliphatic heterocycles. The van der Waals surface area contributed by atoms with Crippen molar-refractivity contribution in [3.63, 3.8) is 0 Å². The second kappa shape index (κ2) is 6.36. The molecule has 0 atom stereocenters. The Balaban J connectivity index is 1.59. The third-order valence-electron chi connectivity index (χ3n) is 4.12. The summed E-state index contributed by atoms with van der Waals surface area (Å²) in [6, 6.07) is 20.5. The summed E-state index contributed by atoms with van der Waals surface area (Å²) in [6.07, 6.45) is 0. The van der Waals surface area contributed by atoms with E-state index in [2.05, 4.69) is 39.3 Å². The summed E-state index contributed by atoms with van der Waals surface area (Å²) in [4.78, 5) is 6.49. The quantitative estimate of drug-likeness (QED) is 0.544. The molecule has 0 saturated heterocycles. The lowest BCUT2D eigenvalue weighted by molar-refractivity contribution is 0.378. The molecule has 0 spiro atoms. The first-order chi connectivity index (χ1) is 12.2. The van der Waals surface area contributed by atoms with Crippen LogP contribution in [-0.4, -0.2) is 17.2 Å². The second-order valence-electron chi connectivity index (χ2n) is 5.87. The summed E-state index contributed by atoms with van der Waals surface area (Å²) >= 11 is 0. The van der Waals surface area contributed by atoms with Gasteiger partial charge in [0.15, 0.2) is 0 Å². The smallest absolute Gasteiger partial charge is 0.246 e. The highest BCUT2D eigenvalue weighted by atomic mass is 19.1. The molecule has 124 valence electrons. The molecule has 4 aromatic rings. The molecule has 4 rings (SSSR count). The van der Waals surface area contributed by atoms with Crippen molar-refractivity contribution in [3.05, 3.63) is 78.4 Å². The molecular formula is C20H16FN3O. The molecule has 0 bridgehead atoms. The average molecular weight is 333 g/mol. The molecule has 1 heterocycles. The fraction of sp³-hybridized carbons (Fsp3) is 0.100. The standard InChI is InChI=1S/C20H16FN3O/c1-24(18-8-4-6-14-5-2-3-7-17(14)18)13-19-22-20(23-25-19)15-9-11-16(21)12-10-15/h2-12H,13H2,1H3. The molecule has 0 radical (unpaired) electrons. The molecule has 0 unspecified atom stereocenters. The summed E-state index contributed by atoms with van der Waals surface area (Å²) in [7, 11) is 1.99. The molecule has 0 aliphatic carbocycles. The van der Waals surface area contributed by atoms with Crippen LogP contribution in [0.1, 0.15) is 5.89 Å². The number of fused-ring (bicyclic) bond motifs is 1. The van der Waals surface area contributed by atoms with Crippen molar-refractivity contribution in [1.82, 2.24) is 10.1 Å². The van der Waals surface area contributed by atoms with Gasteiger partial charge in [0.2, 0.25) is 11.7 Å². The van der Waals surface area contributed by atoms with Crippen molar-refractivity contribution in [2.24, 2.45) is 0 Å². The Bertz CT molecular complexity index is 1010. The Kier molecular flexibility index (Phi) is 3.90. The lowest BCUT2D eigenvalue weighted by atomic mass is 10.1. The van der Waals surface area contributed by atoms with Crippen LogP contribution in [0.15, 0.2) is 71.3 Å². The number of nitrogens with zero attached hydrogens (tertiary/aromatic N) is 3. The van der Waals surface area contributed by atoms with E-state index in [1.807, 2.05) is 25.2 Å². The first kappa shape index (κ1) is 15.3. The van der Waals surface area contributed by atoms with Gasteiger partial charge in [-0.05, 0) is 35.7 Å². The van der Waals surface area contributed by atoms with E-state index >= 15 is 0 Å². The van der Waals surface area contributed by atoms with Gasteiger partial charge in [-0.25, -0.2) is 4.39 Å². The van der Waals surface area contributed by atoms with E-state index in [1.165, 1.54) is 22.9 Å². The maximum absolute atomic E-state index is 13.0. The summed E-state index contributed by atoms with van der Waals surface area (Å²) < 4.78 is 18.4. The van der Waals surface area contributed by atoms with Crippen LogP contribution >= 0.6 is 0 Å². The van der Waals surface area contributed by atoms with Gasteiger partial charge in [0, 0.05) is 23.7 Å². The zero-order valence-corrected chi connectivity index (χ0v) is 13.7. The largest absolute Gasteiger partial charge is 0.365 e. The number of hydrogen-bond donors (Lipinski definition) is 0. The Morgan fingerprint density at radius 3 is 2.56 bits per heavy atom. The summed E-state index contributed by atoms with van der Waals surface area (Å²) in [5, 5.41) is 6.35. The number of benzene rings is 3. The van der Waals surface area contributed by atoms with Crippen LogP contribution in [0.3, 0.4) is 0 Å². The Morgan fingerprint density at radius 1 is 0.960 bits per heavy atom. The Labute approximate surface area is 144 Å². The maximum atomic E-state index is 13.0. The van der Waals surface area contributed by atoms with E-state index in [1.54, 1.807) is 12.1 Å². The molecular weight excluding hydrogens is 317 g/mol. The summed E-state index contributed by atoms with van der Waals surface area (Å²) in [5.41, 5.74) is 1.82. The fourth-order valence-electron chi connectivity index (χ4n) is 2.86. The molecule has 0 N–H and O–H groups in total. The third kappa shape index (κ3) is 3.08. The van der Waals surface area contributed by atoms with Crippen LogP contribution in [0, 0.1) is 5.82 Å². The van der Waals surface area contributed by atoms with Crippen LogP contribution in [0.25, 0.3) is 22.2 Å². The van der Waals surface area contributed by atoms with Gasteiger partial charge in [0.1, 0.15) is 5.82 Å². The molecule has 0 aliphatic rings. The molecule has 0 saturated carbocycles. The highest BCUT2D eigenvalue weighted by molar-refractivity contribution is 5.94. The normalized spacial score (nSPS) is 11.0. The molecule has 0 amide bonds. The van der Waals surface area contributed by atoms with Crippen molar-refractivity contribution >= 4 is 16.5 Å². The molecule has 25 heavy (non-hydrogen) atoms. The number of aromatic nitrogens is 2. The maximum Gasteiger partial charge on any atom is 0.246 e. The van der Waals surface area contributed by atoms with Crippen LogP contribution in [-0.2, 0) is 6.54 Å². The Morgan fingerprint density at radius 2 is 1.72 bits per heavy atom. The van der Waals surface area contributed by atoms with E-state index in [4.69, 9.17) is 4.52 Å². The number of anilines is 1. The minimum absolute atomic E-state index is 0.289. The van der Waals surface area contributed by atoms with Crippen molar-refractivity contribution in [3.8, 4) is 11.4 Å². The lowest BCUT2D eigenvalue weighted by Crippen LogP contribution is -2.16. The second-order valence-corrected chi connectivity index (χ2v) is 5.87. The lowest BCUT2D eigenvalue weighted by Gasteiger charge is -2.19. The van der Waals surface area contributed by atoms with Gasteiger partial charge in [-0.3, -0.25) is 0 Å². The molecule has 0 fully saturated rings. The highest BCUT2D eigenvalue weighted by Gasteiger charge is 2.13. The van der Waals surface area contributed by atoms with Crippen molar-refractivity contribution in [2.75, 3.05) is 11.9 Å². The minimum atomic E-state index is -0.289. The number of rotatable bonds is 4.